The summed E-state index contributed by atoms with van der Waals surface area (Å²) in [5.74, 6) is 1.84. The average molecular weight is 530 g/mol. The van der Waals surface area contributed by atoms with E-state index in [2.05, 4.69) is 45.0 Å². The van der Waals surface area contributed by atoms with Crippen molar-refractivity contribution in [1.29, 1.82) is 0 Å². The molecule has 12 heteroatoms. The van der Waals surface area contributed by atoms with Crippen molar-refractivity contribution in [1.82, 2.24) is 40.1 Å². The predicted octanol–water partition coefficient (Wildman–Crippen LogP) is 1.92. The number of hydrogen-bond acceptors (Lipinski definition) is 10. The van der Waals surface area contributed by atoms with Gasteiger partial charge in [-0.2, -0.15) is 0 Å². The summed E-state index contributed by atoms with van der Waals surface area (Å²) in [4.78, 5) is 42.4. The minimum Gasteiger partial charge on any atom is -0.488 e. The van der Waals surface area contributed by atoms with Crippen LogP contribution in [0.1, 0.15) is 23.2 Å². The van der Waals surface area contributed by atoms with E-state index in [-0.39, 0.29) is 11.9 Å². The summed E-state index contributed by atoms with van der Waals surface area (Å²) >= 11 is 0. The smallest absolute Gasteiger partial charge is 0.251 e. The van der Waals surface area contributed by atoms with Crippen molar-refractivity contribution in [3.63, 3.8) is 0 Å². The summed E-state index contributed by atoms with van der Waals surface area (Å²) in [6.07, 6.45) is 8.59. The summed E-state index contributed by atoms with van der Waals surface area (Å²) in [6.45, 7) is 6.07. The summed E-state index contributed by atoms with van der Waals surface area (Å²) in [5, 5.41) is 3.00. The van der Waals surface area contributed by atoms with E-state index in [1.807, 2.05) is 18.2 Å². The summed E-state index contributed by atoms with van der Waals surface area (Å²) in [6, 6.07) is 7.52. The van der Waals surface area contributed by atoms with Gasteiger partial charge in [0.15, 0.2) is 23.0 Å². The molecule has 6 rings (SSSR count). The molecule has 0 radical (unpaired) electrons. The minimum absolute atomic E-state index is 0.109. The van der Waals surface area contributed by atoms with E-state index in [9.17, 15) is 4.79 Å². The van der Waals surface area contributed by atoms with Gasteiger partial charge in [0.2, 0.25) is 0 Å². The maximum Gasteiger partial charge on any atom is 0.251 e. The van der Waals surface area contributed by atoms with Crippen molar-refractivity contribution in [2.75, 3.05) is 57.4 Å². The largest absolute Gasteiger partial charge is 0.488 e. The Morgan fingerprint density at radius 3 is 2.85 bits per heavy atom. The van der Waals surface area contributed by atoms with Crippen LogP contribution in [0.4, 0.5) is 5.82 Å². The van der Waals surface area contributed by atoms with Gasteiger partial charge in [-0.1, -0.05) is 12.1 Å². The normalized spacial score (nSPS) is 17.9. The molecule has 2 N–H and O–H groups in total. The zero-order chi connectivity index (χ0) is 26.4. The van der Waals surface area contributed by atoms with Crippen LogP contribution < -0.4 is 15.0 Å². The van der Waals surface area contributed by atoms with Gasteiger partial charge in [0.05, 0.1) is 38.0 Å². The molecule has 0 saturated carbocycles. The molecule has 1 amide bonds. The van der Waals surface area contributed by atoms with Gasteiger partial charge in [0, 0.05) is 43.9 Å². The third kappa shape index (κ3) is 5.81. The molecular formula is C27H31N9O3. The molecule has 202 valence electrons. The Morgan fingerprint density at radius 1 is 1.10 bits per heavy atom. The Labute approximate surface area is 225 Å². The van der Waals surface area contributed by atoms with Gasteiger partial charge in [-0.15, -0.1) is 0 Å². The lowest BCUT2D eigenvalue weighted by Gasteiger charge is -2.26. The molecule has 2 fully saturated rings. The number of aromatic amines is 1. The summed E-state index contributed by atoms with van der Waals surface area (Å²) in [7, 11) is 0. The number of fused-ring (bicyclic) bond motifs is 1. The molecule has 1 atom stereocenters. The van der Waals surface area contributed by atoms with Crippen LogP contribution in [0.2, 0.25) is 0 Å². The van der Waals surface area contributed by atoms with Crippen LogP contribution in [-0.4, -0.2) is 99.3 Å². The maximum atomic E-state index is 12.7. The molecular weight excluding hydrogens is 498 g/mol. The van der Waals surface area contributed by atoms with E-state index >= 15 is 0 Å². The molecule has 1 aromatic carbocycles. The van der Waals surface area contributed by atoms with Gasteiger partial charge >= 0.3 is 0 Å². The maximum absolute atomic E-state index is 12.7. The van der Waals surface area contributed by atoms with Crippen LogP contribution in [0.25, 0.3) is 22.6 Å². The molecule has 0 aliphatic carbocycles. The van der Waals surface area contributed by atoms with Gasteiger partial charge in [0.25, 0.3) is 5.91 Å². The van der Waals surface area contributed by atoms with Crippen LogP contribution in [0, 0.1) is 0 Å². The number of nitrogens with one attached hydrogen (secondary N) is 2. The quantitative estimate of drug-likeness (QED) is 0.331. The van der Waals surface area contributed by atoms with E-state index in [4.69, 9.17) is 9.47 Å². The first-order valence-corrected chi connectivity index (χ1v) is 13.3. The molecule has 12 nitrogen and oxygen atoms in total. The number of imidazole rings is 1. The van der Waals surface area contributed by atoms with Gasteiger partial charge in [-0.3, -0.25) is 9.69 Å². The topological polar surface area (TPSA) is 134 Å². The molecule has 1 unspecified atom stereocenters. The van der Waals surface area contributed by atoms with Gasteiger partial charge < -0.3 is 24.7 Å². The molecule has 2 aliphatic heterocycles. The number of anilines is 1. The summed E-state index contributed by atoms with van der Waals surface area (Å²) in [5.41, 5.74) is 2.85. The zero-order valence-corrected chi connectivity index (χ0v) is 21.6. The highest BCUT2D eigenvalue weighted by atomic mass is 16.5. The third-order valence-electron chi connectivity index (χ3n) is 7.12. The highest BCUT2D eigenvalue weighted by molar-refractivity contribution is 5.95. The lowest BCUT2D eigenvalue weighted by molar-refractivity contribution is 0.0383. The number of benzene rings is 1. The molecule has 3 aromatic heterocycles. The van der Waals surface area contributed by atoms with E-state index in [0.29, 0.717) is 30.3 Å². The number of carbonyl (C=O) groups is 1. The number of morpholine rings is 1. The SMILES string of the molecule is O=C(NCCN1CCOCC1)c1cccc(-c2ncc(OCC3CCCN3c3ncnc4[nH]cnc34)cn2)c1. The molecule has 2 saturated heterocycles. The fraction of sp³-hybridized carbons (Fsp3) is 0.407. The Bertz CT molecular complexity index is 1410. The van der Waals surface area contributed by atoms with Gasteiger partial charge in [-0.05, 0) is 25.0 Å². The molecule has 0 bridgehead atoms. The van der Waals surface area contributed by atoms with Crippen LogP contribution in [0.3, 0.4) is 0 Å². The number of aromatic nitrogens is 6. The van der Waals surface area contributed by atoms with Crippen LogP contribution >= 0.6 is 0 Å². The molecule has 0 spiro atoms. The summed E-state index contributed by atoms with van der Waals surface area (Å²) < 4.78 is 11.4. The molecule has 39 heavy (non-hydrogen) atoms. The third-order valence-corrected chi connectivity index (χ3v) is 7.12. The molecule has 5 heterocycles. The number of amides is 1. The number of ether oxygens (including phenoxy) is 2. The Balaban J connectivity index is 1.05. The van der Waals surface area contributed by atoms with Crippen LogP contribution in [-0.2, 0) is 4.74 Å². The number of carbonyl (C=O) groups excluding carboxylic acids is 1. The minimum atomic E-state index is -0.109. The van der Waals surface area contributed by atoms with Crippen molar-refractivity contribution >= 4 is 22.9 Å². The second-order valence-electron chi connectivity index (χ2n) is 9.63. The number of nitrogens with zero attached hydrogens (tertiary/aromatic N) is 7. The second kappa shape index (κ2) is 11.7. The highest BCUT2D eigenvalue weighted by Gasteiger charge is 2.28. The van der Waals surface area contributed by atoms with Crippen LogP contribution in [0.15, 0.2) is 49.3 Å². The fourth-order valence-electron chi connectivity index (χ4n) is 5.04. The standard InChI is InChI=1S/C27H31N9O3/c37-27(28-6-8-35-9-11-38-12-10-35)20-4-1-3-19(13-20)24-29-14-22(15-30-24)39-16-21-5-2-7-36(21)26-23-25(32-17-31-23)33-18-34-26/h1,3-4,13-15,17-18,21H,2,5-12,16H2,(H,28,37)(H,31,32,33,34). The Morgan fingerprint density at radius 2 is 1.97 bits per heavy atom. The van der Waals surface area contributed by atoms with E-state index in [1.165, 1.54) is 0 Å². The van der Waals surface area contributed by atoms with Gasteiger partial charge in [0.1, 0.15) is 18.5 Å². The first kappa shape index (κ1) is 25.1. The lowest BCUT2D eigenvalue weighted by atomic mass is 10.1. The van der Waals surface area contributed by atoms with Crippen molar-refractivity contribution in [2.24, 2.45) is 0 Å². The van der Waals surface area contributed by atoms with E-state index < -0.39 is 0 Å². The second-order valence-corrected chi connectivity index (χ2v) is 9.63. The van der Waals surface area contributed by atoms with Crippen LogP contribution in [0.5, 0.6) is 5.75 Å². The fourth-order valence-corrected chi connectivity index (χ4v) is 5.04. The monoisotopic (exact) mass is 529 g/mol. The van der Waals surface area contributed by atoms with E-state index in [1.54, 1.807) is 31.1 Å². The van der Waals surface area contributed by atoms with Crippen molar-refractivity contribution in [2.45, 2.75) is 18.9 Å². The molecule has 2 aliphatic rings. The lowest BCUT2D eigenvalue weighted by Crippen LogP contribution is -2.41. The van der Waals surface area contributed by atoms with Crippen molar-refractivity contribution in [3.8, 4) is 17.1 Å². The van der Waals surface area contributed by atoms with Crippen molar-refractivity contribution < 1.29 is 14.3 Å². The zero-order valence-electron chi connectivity index (χ0n) is 21.6. The van der Waals surface area contributed by atoms with Gasteiger partial charge in [-0.25, -0.2) is 24.9 Å². The Hall–Kier alpha value is -4.16. The first-order valence-electron chi connectivity index (χ1n) is 13.3. The molecule has 4 aromatic rings. The Kier molecular flexibility index (Phi) is 7.54. The number of H-pyrrole nitrogens is 1. The number of hydrogen-bond donors (Lipinski definition) is 2. The average Bonchev–Trinajstić information content (AvgIpc) is 3.67. The number of rotatable bonds is 9. The van der Waals surface area contributed by atoms with E-state index in [0.717, 1.165) is 74.8 Å². The first-order chi connectivity index (χ1) is 19.2. The van der Waals surface area contributed by atoms with Crippen molar-refractivity contribution in [3.05, 3.63) is 54.9 Å². The predicted molar refractivity (Wildman–Crippen MR) is 145 cm³/mol. The highest BCUT2D eigenvalue weighted by Crippen LogP contribution is 2.28.